The Bertz CT molecular complexity index is 486. The molecule has 1 atom stereocenters. The van der Waals surface area contributed by atoms with Gasteiger partial charge in [0.1, 0.15) is 0 Å². The Morgan fingerprint density at radius 2 is 2.33 bits per heavy atom. The van der Waals surface area contributed by atoms with Gasteiger partial charge in [-0.1, -0.05) is 0 Å². The maximum absolute atomic E-state index is 11.9. The van der Waals surface area contributed by atoms with Gasteiger partial charge in [-0.05, 0) is 34.5 Å². The number of nitro benzene ring substituents is 1. The largest absolute Gasteiger partial charge is 0.379 e. The fraction of sp³-hybridized carbons (Fsp3) is 0.364. The SMILES string of the molecule is O=C(NC1CCOC1)c1ccc(Br)c([N+](=O)[O-])c1. The van der Waals surface area contributed by atoms with E-state index in [0.717, 1.165) is 6.42 Å². The first-order valence-corrected chi connectivity index (χ1v) is 6.20. The Balaban J connectivity index is 2.14. The fourth-order valence-electron chi connectivity index (χ4n) is 1.71. The van der Waals surface area contributed by atoms with Crippen LogP contribution in [0.4, 0.5) is 5.69 Å². The molecule has 1 saturated heterocycles. The van der Waals surface area contributed by atoms with Crippen LogP contribution in [0, 0.1) is 10.1 Å². The zero-order chi connectivity index (χ0) is 13.1. The molecule has 18 heavy (non-hydrogen) atoms. The second-order valence-corrected chi connectivity index (χ2v) is 4.81. The minimum absolute atomic E-state index is 0.0137. The van der Waals surface area contributed by atoms with E-state index >= 15 is 0 Å². The number of benzene rings is 1. The zero-order valence-electron chi connectivity index (χ0n) is 9.39. The lowest BCUT2D eigenvalue weighted by Gasteiger charge is -2.10. The summed E-state index contributed by atoms with van der Waals surface area (Å²) in [4.78, 5) is 22.1. The van der Waals surface area contributed by atoms with E-state index < -0.39 is 4.92 Å². The van der Waals surface area contributed by atoms with E-state index in [2.05, 4.69) is 21.2 Å². The van der Waals surface area contributed by atoms with Crippen LogP contribution in [0.15, 0.2) is 22.7 Å². The molecule has 96 valence electrons. The molecule has 1 heterocycles. The number of rotatable bonds is 3. The Morgan fingerprint density at radius 1 is 1.56 bits per heavy atom. The molecule has 1 fully saturated rings. The summed E-state index contributed by atoms with van der Waals surface area (Å²) >= 11 is 3.07. The molecule has 1 unspecified atom stereocenters. The first kappa shape index (κ1) is 13.0. The molecule has 1 aromatic rings. The predicted molar refractivity (Wildman–Crippen MR) is 67.5 cm³/mol. The summed E-state index contributed by atoms with van der Waals surface area (Å²) in [5.41, 5.74) is 0.155. The van der Waals surface area contributed by atoms with E-state index in [-0.39, 0.29) is 23.2 Å². The van der Waals surface area contributed by atoms with Gasteiger partial charge >= 0.3 is 0 Å². The van der Waals surface area contributed by atoms with Gasteiger partial charge in [-0.2, -0.15) is 0 Å². The summed E-state index contributed by atoms with van der Waals surface area (Å²) in [5, 5.41) is 13.5. The fourth-order valence-corrected chi connectivity index (χ4v) is 2.10. The van der Waals surface area contributed by atoms with Crippen molar-refractivity contribution in [3.63, 3.8) is 0 Å². The average molecular weight is 315 g/mol. The number of nitrogens with one attached hydrogen (secondary N) is 1. The summed E-state index contributed by atoms with van der Waals surface area (Å²) in [6.45, 7) is 1.12. The normalized spacial score (nSPS) is 18.6. The highest BCUT2D eigenvalue weighted by atomic mass is 79.9. The van der Waals surface area contributed by atoms with Gasteiger partial charge in [0.15, 0.2) is 0 Å². The summed E-state index contributed by atoms with van der Waals surface area (Å²) in [5.74, 6) is -0.318. The van der Waals surface area contributed by atoms with Crippen molar-refractivity contribution >= 4 is 27.5 Å². The number of halogens is 1. The molecule has 0 bridgehead atoms. The maximum Gasteiger partial charge on any atom is 0.284 e. The van der Waals surface area contributed by atoms with Crippen molar-refractivity contribution in [2.45, 2.75) is 12.5 Å². The smallest absolute Gasteiger partial charge is 0.284 e. The van der Waals surface area contributed by atoms with Gasteiger partial charge in [-0.15, -0.1) is 0 Å². The predicted octanol–water partition coefficient (Wildman–Crippen LogP) is 1.88. The van der Waals surface area contributed by atoms with Crippen LogP contribution in [0.1, 0.15) is 16.8 Å². The quantitative estimate of drug-likeness (QED) is 0.682. The van der Waals surface area contributed by atoms with Gasteiger partial charge in [0.25, 0.3) is 11.6 Å². The standard InChI is InChI=1S/C11H11BrN2O4/c12-9-2-1-7(5-10(9)14(16)17)11(15)13-8-3-4-18-6-8/h1-2,5,8H,3-4,6H2,(H,13,15). The minimum atomic E-state index is -0.528. The summed E-state index contributed by atoms with van der Waals surface area (Å²) in [7, 11) is 0. The Labute approximate surface area is 112 Å². The van der Waals surface area contributed by atoms with Crippen molar-refractivity contribution in [1.29, 1.82) is 0 Å². The van der Waals surface area contributed by atoms with Crippen LogP contribution in [0.25, 0.3) is 0 Å². The highest BCUT2D eigenvalue weighted by Crippen LogP contribution is 2.25. The van der Waals surface area contributed by atoms with E-state index in [1.165, 1.54) is 12.1 Å². The molecule has 1 aliphatic rings. The maximum atomic E-state index is 11.9. The van der Waals surface area contributed by atoms with Gasteiger partial charge in [0.05, 0.1) is 22.0 Å². The molecule has 0 radical (unpaired) electrons. The van der Waals surface area contributed by atoms with Crippen molar-refractivity contribution in [2.24, 2.45) is 0 Å². The van der Waals surface area contributed by atoms with Gasteiger partial charge < -0.3 is 10.1 Å². The molecule has 0 aromatic heterocycles. The van der Waals surface area contributed by atoms with E-state index in [4.69, 9.17) is 4.74 Å². The molecule has 1 N–H and O–H groups in total. The summed E-state index contributed by atoms with van der Waals surface area (Å²) < 4.78 is 5.50. The van der Waals surface area contributed by atoms with Crippen molar-refractivity contribution in [3.05, 3.63) is 38.3 Å². The number of hydrogen-bond acceptors (Lipinski definition) is 4. The van der Waals surface area contributed by atoms with Crippen LogP contribution in [-0.2, 0) is 4.74 Å². The number of amides is 1. The van der Waals surface area contributed by atoms with Crippen LogP contribution < -0.4 is 5.32 Å². The molecular formula is C11H11BrN2O4. The summed E-state index contributed by atoms with van der Waals surface area (Å²) in [6, 6.07) is 4.29. The molecule has 6 nitrogen and oxygen atoms in total. The molecule has 0 spiro atoms. The van der Waals surface area contributed by atoms with E-state index in [1.54, 1.807) is 6.07 Å². The van der Waals surface area contributed by atoms with Crippen molar-refractivity contribution in [3.8, 4) is 0 Å². The lowest BCUT2D eigenvalue weighted by Crippen LogP contribution is -2.35. The minimum Gasteiger partial charge on any atom is -0.379 e. The molecule has 0 saturated carbocycles. The topological polar surface area (TPSA) is 81.5 Å². The first-order valence-electron chi connectivity index (χ1n) is 5.40. The van der Waals surface area contributed by atoms with Crippen molar-refractivity contribution in [1.82, 2.24) is 5.32 Å². The van der Waals surface area contributed by atoms with Gasteiger partial charge in [0, 0.05) is 18.2 Å². The molecule has 1 aromatic carbocycles. The van der Waals surface area contributed by atoms with Crippen LogP contribution >= 0.6 is 15.9 Å². The molecular weight excluding hydrogens is 304 g/mol. The molecule has 2 rings (SSSR count). The lowest BCUT2D eigenvalue weighted by molar-refractivity contribution is -0.385. The summed E-state index contributed by atoms with van der Waals surface area (Å²) in [6.07, 6.45) is 0.768. The second-order valence-electron chi connectivity index (χ2n) is 3.96. The van der Waals surface area contributed by atoms with Crippen molar-refractivity contribution < 1.29 is 14.5 Å². The monoisotopic (exact) mass is 314 g/mol. The average Bonchev–Trinajstić information content (AvgIpc) is 2.81. The van der Waals surface area contributed by atoms with Crippen LogP contribution in [0.5, 0.6) is 0 Å². The Morgan fingerprint density at radius 3 is 2.94 bits per heavy atom. The van der Waals surface area contributed by atoms with Crippen LogP contribution in [-0.4, -0.2) is 30.1 Å². The number of nitrogens with zero attached hydrogens (tertiary/aromatic N) is 1. The molecule has 0 aliphatic carbocycles. The molecule has 1 aliphatic heterocycles. The highest BCUT2D eigenvalue weighted by molar-refractivity contribution is 9.10. The Kier molecular flexibility index (Phi) is 3.93. The number of carbonyl (C=O) groups is 1. The lowest BCUT2D eigenvalue weighted by atomic mass is 10.1. The second kappa shape index (κ2) is 5.45. The third-order valence-corrected chi connectivity index (χ3v) is 3.34. The first-order chi connectivity index (χ1) is 8.58. The van der Waals surface area contributed by atoms with Gasteiger partial charge in [-0.3, -0.25) is 14.9 Å². The van der Waals surface area contributed by atoms with Crippen LogP contribution in [0.2, 0.25) is 0 Å². The van der Waals surface area contributed by atoms with E-state index in [9.17, 15) is 14.9 Å². The van der Waals surface area contributed by atoms with Gasteiger partial charge in [0.2, 0.25) is 0 Å². The molecule has 7 heteroatoms. The zero-order valence-corrected chi connectivity index (χ0v) is 11.0. The van der Waals surface area contributed by atoms with Crippen molar-refractivity contribution in [2.75, 3.05) is 13.2 Å². The molecule has 1 amide bonds. The third-order valence-electron chi connectivity index (χ3n) is 2.67. The highest BCUT2D eigenvalue weighted by Gasteiger charge is 2.20. The number of hydrogen-bond donors (Lipinski definition) is 1. The number of ether oxygens (including phenoxy) is 1. The van der Waals surface area contributed by atoms with Crippen LogP contribution in [0.3, 0.4) is 0 Å². The van der Waals surface area contributed by atoms with E-state index in [1.807, 2.05) is 0 Å². The van der Waals surface area contributed by atoms with E-state index in [0.29, 0.717) is 17.7 Å². The number of carbonyl (C=O) groups excluding carboxylic acids is 1. The third kappa shape index (κ3) is 2.85. The van der Waals surface area contributed by atoms with Gasteiger partial charge in [-0.25, -0.2) is 0 Å². The number of nitro groups is 1. The Hall–Kier alpha value is -1.47.